The highest BCUT2D eigenvalue weighted by molar-refractivity contribution is 7.92. The van der Waals surface area contributed by atoms with Crippen LogP contribution in [0.1, 0.15) is 35.1 Å². The fourth-order valence-electron chi connectivity index (χ4n) is 3.64. The second kappa shape index (κ2) is 6.25. The van der Waals surface area contributed by atoms with Gasteiger partial charge in [0.2, 0.25) is 10.0 Å². The Morgan fingerprint density at radius 2 is 1.92 bits per heavy atom. The van der Waals surface area contributed by atoms with Crippen LogP contribution >= 0.6 is 0 Å². The molecule has 0 unspecified atom stereocenters. The Balaban J connectivity index is 1.82. The van der Waals surface area contributed by atoms with Gasteiger partial charge < -0.3 is 5.32 Å². The second-order valence-corrected chi connectivity index (χ2v) is 8.40. The van der Waals surface area contributed by atoms with Gasteiger partial charge in [-0.15, -0.1) is 0 Å². The minimum Gasteiger partial charge on any atom is -0.306 e. The number of hydrogen-bond donors (Lipinski definition) is 2. The van der Waals surface area contributed by atoms with Gasteiger partial charge in [-0.2, -0.15) is 0 Å². The molecule has 1 aromatic heterocycles. The number of carbonyl (C=O) groups is 1. The monoisotopic (exact) mass is 369 g/mol. The smallest absolute Gasteiger partial charge is 0.257 e. The van der Waals surface area contributed by atoms with Crippen molar-refractivity contribution in [3.8, 4) is 0 Å². The van der Waals surface area contributed by atoms with E-state index < -0.39 is 10.0 Å². The van der Waals surface area contributed by atoms with Crippen LogP contribution in [-0.4, -0.2) is 25.6 Å². The zero-order chi connectivity index (χ0) is 18.3. The Morgan fingerprint density at radius 1 is 1.15 bits per heavy atom. The van der Waals surface area contributed by atoms with Gasteiger partial charge >= 0.3 is 0 Å². The molecule has 4 rings (SSSR count). The molecular weight excluding hydrogens is 350 g/mol. The first-order valence-corrected chi connectivity index (χ1v) is 10.4. The Labute approximate surface area is 152 Å². The summed E-state index contributed by atoms with van der Waals surface area (Å²) in [6.07, 6.45) is 8.47. The number of nitrogens with zero attached hydrogens (tertiary/aromatic N) is 1. The van der Waals surface area contributed by atoms with E-state index in [1.54, 1.807) is 12.3 Å². The van der Waals surface area contributed by atoms with Crippen LogP contribution < -0.4 is 10.0 Å². The average Bonchev–Trinajstić information content (AvgIpc) is 2.91. The van der Waals surface area contributed by atoms with E-state index in [1.165, 1.54) is 0 Å². The van der Waals surface area contributed by atoms with Gasteiger partial charge in [0.15, 0.2) is 0 Å². The van der Waals surface area contributed by atoms with Gasteiger partial charge in [-0.1, -0.05) is 6.07 Å². The summed E-state index contributed by atoms with van der Waals surface area (Å²) in [5.41, 5.74) is 5.12. The molecule has 0 spiro atoms. The summed E-state index contributed by atoms with van der Waals surface area (Å²) >= 11 is 0. The van der Waals surface area contributed by atoms with E-state index in [-0.39, 0.29) is 5.91 Å². The zero-order valence-electron chi connectivity index (χ0n) is 14.4. The first-order valence-electron chi connectivity index (χ1n) is 8.53. The quantitative estimate of drug-likeness (QED) is 0.815. The molecule has 2 N–H and O–H groups in total. The van der Waals surface area contributed by atoms with Crippen LogP contribution in [-0.2, 0) is 27.7 Å². The molecular formula is C19H19N3O3S. The number of benzene rings is 1. The van der Waals surface area contributed by atoms with Crippen molar-refractivity contribution in [3.63, 3.8) is 0 Å². The van der Waals surface area contributed by atoms with Gasteiger partial charge in [-0.3, -0.25) is 9.52 Å². The van der Waals surface area contributed by atoms with Crippen LogP contribution in [0.4, 0.5) is 11.5 Å². The molecule has 1 aliphatic heterocycles. The third-order valence-corrected chi connectivity index (χ3v) is 5.33. The van der Waals surface area contributed by atoms with Crippen LogP contribution in [0.2, 0.25) is 0 Å². The van der Waals surface area contributed by atoms with E-state index in [9.17, 15) is 13.2 Å². The fraction of sp³-hybridized carbons (Fsp3) is 0.263. The Hall–Kier alpha value is -2.67. The number of fused-ring (bicyclic) bond motifs is 2. The summed E-state index contributed by atoms with van der Waals surface area (Å²) in [4.78, 5) is 16.5. The number of nitrogens with one attached hydrogen (secondary N) is 2. The fourth-order valence-corrected chi connectivity index (χ4v) is 4.23. The maximum atomic E-state index is 12.3. The summed E-state index contributed by atoms with van der Waals surface area (Å²) in [7, 11) is -3.33. The second-order valence-electron chi connectivity index (χ2n) is 6.65. The minimum absolute atomic E-state index is 0.165. The number of anilines is 2. The predicted octanol–water partition coefficient (Wildman–Crippen LogP) is 2.82. The third kappa shape index (κ3) is 3.10. The van der Waals surface area contributed by atoms with E-state index in [1.807, 2.05) is 24.3 Å². The molecule has 0 fully saturated rings. The molecule has 134 valence electrons. The van der Waals surface area contributed by atoms with Gasteiger partial charge in [0.25, 0.3) is 5.91 Å². The van der Waals surface area contributed by atoms with Crippen LogP contribution in [0, 0.1) is 0 Å². The van der Waals surface area contributed by atoms with E-state index >= 15 is 0 Å². The van der Waals surface area contributed by atoms with Crippen LogP contribution in [0.3, 0.4) is 0 Å². The highest BCUT2D eigenvalue weighted by atomic mass is 32.2. The molecule has 0 saturated carbocycles. The first kappa shape index (κ1) is 16.8. The molecule has 2 aromatic rings. The lowest BCUT2D eigenvalue weighted by Crippen LogP contribution is -2.15. The number of carbonyl (C=O) groups excluding carboxylic acids is 1. The normalized spacial score (nSPS) is 17.6. The van der Waals surface area contributed by atoms with Crippen molar-refractivity contribution in [1.29, 1.82) is 0 Å². The first-order chi connectivity index (χ1) is 12.4. The Morgan fingerprint density at radius 3 is 2.69 bits per heavy atom. The van der Waals surface area contributed by atoms with Gasteiger partial charge in [0, 0.05) is 11.8 Å². The summed E-state index contributed by atoms with van der Waals surface area (Å²) in [6, 6.07) is 7.35. The number of pyridine rings is 1. The molecule has 0 radical (unpaired) electrons. The average molecular weight is 369 g/mol. The van der Waals surface area contributed by atoms with Crippen LogP contribution in [0.5, 0.6) is 0 Å². The molecule has 1 aromatic carbocycles. The van der Waals surface area contributed by atoms with Gasteiger partial charge in [0.05, 0.1) is 17.5 Å². The molecule has 0 saturated heterocycles. The largest absolute Gasteiger partial charge is 0.306 e. The maximum absolute atomic E-state index is 12.3. The molecule has 1 amide bonds. The molecule has 0 atom stereocenters. The zero-order valence-corrected chi connectivity index (χ0v) is 15.2. The van der Waals surface area contributed by atoms with Crippen molar-refractivity contribution in [2.75, 3.05) is 16.3 Å². The highest BCUT2D eigenvalue weighted by Gasteiger charge is 2.26. The highest BCUT2D eigenvalue weighted by Crippen LogP contribution is 2.36. The number of amides is 1. The van der Waals surface area contributed by atoms with E-state index in [0.717, 1.165) is 54.2 Å². The topological polar surface area (TPSA) is 88.2 Å². The molecule has 26 heavy (non-hydrogen) atoms. The number of sulfonamides is 1. The predicted molar refractivity (Wildman–Crippen MR) is 102 cm³/mol. The van der Waals surface area contributed by atoms with E-state index in [2.05, 4.69) is 15.0 Å². The number of aromatic nitrogens is 1. The third-order valence-electron chi connectivity index (χ3n) is 4.74. The van der Waals surface area contributed by atoms with Crippen molar-refractivity contribution in [3.05, 3.63) is 52.7 Å². The van der Waals surface area contributed by atoms with Crippen LogP contribution in [0.15, 0.2) is 30.5 Å². The molecule has 7 heteroatoms. The molecule has 6 nitrogen and oxygen atoms in total. The van der Waals surface area contributed by atoms with E-state index in [0.29, 0.717) is 17.1 Å². The van der Waals surface area contributed by atoms with Crippen molar-refractivity contribution in [2.24, 2.45) is 0 Å². The standard InChI is InChI=1S/C19H19N3O3S/c1-26(24,25)22-17-9-8-12(13-5-2-3-6-14(13)17)11-16-15-7-4-10-20-18(15)21-19(16)23/h4,7-11,22H,2-3,5-6H2,1H3,(H,20,21,23). The lowest BCUT2D eigenvalue weighted by molar-refractivity contribution is -0.110. The lowest BCUT2D eigenvalue weighted by atomic mass is 9.86. The Kier molecular flexibility index (Phi) is 4.03. The Bertz CT molecular complexity index is 1040. The molecule has 1 aliphatic carbocycles. The maximum Gasteiger partial charge on any atom is 0.257 e. The van der Waals surface area contributed by atoms with Crippen molar-refractivity contribution in [1.82, 2.24) is 4.98 Å². The minimum atomic E-state index is -3.33. The molecule has 2 heterocycles. The van der Waals surface area contributed by atoms with Crippen molar-refractivity contribution < 1.29 is 13.2 Å². The van der Waals surface area contributed by atoms with Crippen molar-refractivity contribution >= 4 is 39.1 Å². The molecule has 0 bridgehead atoms. The van der Waals surface area contributed by atoms with Gasteiger partial charge in [-0.05, 0) is 66.6 Å². The summed E-state index contributed by atoms with van der Waals surface area (Å²) in [5.74, 6) is 0.412. The summed E-state index contributed by atoms with van der Waals surface area (Å²) < 4.78 is 25.9. The lowest BCUT2D eigenvalue weighted by Gasteiger charge is -2.22. The SMILES string of the molecule is CS(=O)(=O)Nc1ccc(C=C2C(=O)Nc3ncccc32)c2c1CCCC2. The van der Waals surface area contributed by atoms with Gasteiger partial charge in [-0.25, -0.2) is 13.4 Å². The van der Waals surface area contributed by atoms with Gasteiger partial charge in [0.1, 0.15) is 5.82 Å². The number of hydrogen-bond acceptors (Lipinski definition) is 4. The summed E-state index contributed by atoms with van der Waals surface area (Å²) in [5, 5.41) is 2.78. The van der Waals surface area contributed by atoms with Crippen molar-refractivity contribution in [2.45, 2.75) is 25.7 Å². The summed E-state index contributed by atoms with van der Waals surface area (Å²) in [6.45, 7) is 0. The number of rotatable bonds is 3. The van der Waals surface area contributed by atoms with Crippen LogP contribution in [0.25, 0.3) is 11.6 Å². The molecule has 2 aliphatic rings. The van der Waals surface area contributed by atoms with E-state index in [4.69, 9.17) is 0 Å².